The number of carboxylic acid groups (broad SMARTS) is 1. The van der Waals surface area contributed by atoms with Crippen LogP contribution in [0.25, 0.3) is 0 Å². The fourth-order valence-electron chi connectivity index (χ4n) is 2.02. The second-order valence-electron chi connectivity index (χ2n) is 4.98. The summed E-state index contributed by atoms with van der Waals surface area (Å²) in [7, 11) is 1.53. The smallest absolute Gasteiger partial charge is 0.320 e. The van der Waals surface area contributed by atoms with Crippen LogP contribution >= 0.6 is 11.6 Å². The lowest BCUT2D eigenvalue weighted by Gasteiger charge is -2.19. The number of rotatable bonds is 8. The van der Waals surface area contributed by atoms with Crippen LogP contribution in [0.4, 0.5) is 0 Å². The minimum absolute atomic E-state index is 0.0115. The molecule has 118 valence electrons. The van der Waals surface area contributed by atoms with Gasteiger partial charge in [0.1, 0.15) is 6.04 Å². The monoisotopic (exact) mass is 315 g/mol. The van der Waals surface area contributed by atoms with Gasteiger partial charge < -0.3 is 19.9 Å². The number of nitrogens with one attached hydrogen (secondary N) is 1. The summed E-state index contributed by atoms with van der Waals surface area (Å²) in [6.07, 6.45) is 0. The molecule has 1 atom stereocenters. The third kappa shape index (κ3) is 4.79. The van der Waals surface area contributed by atoms with Gasteiger partial charge in [-0.25, -0.2) is 0 Å². The Labute approximate surface area is 130 Å². The van der Waals surface area contributed by atoms with Crippen molar-refractivity contribution in [2.24, 2.45) is 5.92 Å². The first kappa shape index (κ1) is 17.6. The van der Waals surface area contributed by atoms with E-state index >= 15 is 0 Å². The molecule has 5 nitrogen and oxygen atoms in total. The third-order valence-electron chi connectivity index (χ3n) is 3.03. The number of methoxy groups -OCH3 is 1. The molecule has 0 saturated carbocycles. The Hall–Kier alpha value is -1.46. The van der Waals surface area contributed by atoms with E-state index in [9.17, 15) is 4.79 Å². The van der Waals surface area contributed by atoms with Gasteiger partial charge in [0, 0.05) is 6.54 Å². The van der Waals surface area contributed by atoms with Crippen molar-refractivity contribution < 1.29 is 19.4 Å². The summed E-state index contributed by atoms with van der Waals surface area (Å²) in [6.45, 7) is 6.47. The van der Waals surface area contributed by atoms with Crippen LogP contribution in [0.2, 0.25) is 5.02 Å². The number of aliphatic carboxylic acids is 1. The first-order chi connectivity index (χ1) is 9.90. The molecule has 0 amide bonds. The highest BCUT2D eigenvalue weighted by molar-refractivity contribution is 6.32. The highest BCUT2D eigenvalue weighted by atomic mass is 35.5. The van der Waals surface area contributed by atoms with Crippen LogP contribution < -0.4 is 14.8 Å². The molecule has 0 aromatic heterocycles. The summed E-state index contributed by atoms with van der Waals surface area (Å²) in [5.41, 5.74) is 0.844. The molecule has 1 aromatic carbocycles. The summed E-state index contributed by atoms with van der Waals surface area (Å²) in [5, 5.41) is 12.6. The van der Waals surface area contributed by atoms with E-state index in [0.29, 0.717) is 29.7 Å². The summed E-state index contributed by atoms with van der Waals surface area (Å²) in [5.74, 6) is 0.166. The normalized spacial score (nSPS) is 12.3. The average Bonchev–Trinajstić information content (AvgIpc) is 2.38. The van der Waals surface area contributed by atoms with E-state index in [1.807, 2.05) is 20.8 Å². The maximum absolute atomic E-state index is 11.2. The molecular formula is C15H22ClNO4. The molecule has 0 aliphatic carbocycles. The van der Waals surface area contributed by atoms with Crippen LogP contribution in [0, 0.1) is 5.92 Å². The zero-order valence-corrected chi connectivity index (χ0v) is 13.5. The Bertz CT molecular complexity index is 491. The molecule has 0 saturated heterocycles. The van der Waals surface area contributed by atoms with Gasteiger partial charge in [0.05, 0.1) is 18.7 Å². The molecule has 0 unspecified atom stereocenters. The van der Waals surface area contributed by atoms with Crippen LogP contribution in [-0.4, -0.2) is 30.8 Å². The molecule has 0 fully saturated rings. The first-order valence-electron chi connectivity index (χ1n) is 6.86. The summed E-state index contributed by atoms with van der Waals surface area (Å²) in [6, 6.07) is 2.94. The van der Waals surface area contributed by atoms with E-state index in [4.69, 9.17) is 26.2 Å². The topological polar surface area (TPSA) is 67.8 Å². The summed E-state index contributed by atoms with van der Waals surface area (Å²) in [4.78, 5) is 11.2. The van der Waals surface area contributed by atoms with Crippen LogP contribution in [0.3, 0.4) is 0 Å². The molecule has 6 heteroatoms. The fraction of sp³-hybridized carbons (Fsp3) is 0.533. The Morgan fingerprint density at radius 3 is 2.57 bits per heavy atom. The van der Waals surface area contributed by atoms with Gasteiger partial charge in [-0.1, -0.05) is 25.4 Å². The van der Waals surface area contributed by atoms with Crippen molar-refractivity contribution in [2.45, 2.75) is 33.4 Å². The molecular weight excluding hydrogens is 294 g/mol. The van der Waals surface area contributed by atoms with Gasteiger partial charge in [-0.15, -0.1) is 0 Å². The van der Waals surface area contributed by atoms with Gasteiger partial charge in [0.2, 0.25) is 0 Å². The summed E-state index contributed by atoms with van der Waals surface area (Å²) >= 11 is 6.16. The maximum Gasteiger partial charge on any atom is 0.320 e. The second-order valence-corrected chi connectivity index (χ2v) is 5.39. The molecule has 1 aromatic rings. The Morgan fingerprint density at radius 2 is 2.10 bits per heavy atom. The molecule has 0 spiro atoms. The molecule has 0 heterocycles. The minimum atomic E-state index is -0.866. The third-order valence-corrected chi connectivity index (χ3v) is 3.31. The number of hydrogen-bond donors (Lipinski definition) is 2. The van der Waals surface area contributed by atoms with Crippen molar-refractivity contribution in [3.63, 3.8) is 0 Å². The Morgan fingerprint density at radius 1 is 1.43 bits per heavy atom. The lowest BCUT2D eigenvalue weighted by Crippen LogP contribution is -2.40. The molecule has 0 radical (unpaired) electrons. The van der Waals surface area contributed by atoms with E-state index in [1.165, 1.54) is 7.11 Å². The van der Waals surface area contributed by atoms with Gasteiger partial charge in [-0.3, -0.25) is 4.79 Å². The van der Waals surface area contributed by atoms with Gasteiger partial charge in [0.15, 0.2) is 11.5 Å². The number of hydrogen-bond acceptors (Lipinski definition) is 4. The molecule has 21 heavy (non-hydrogen) atoms. The number of carboxylic acids is 1. The predicted octanol–water partition coefficient (Wildman–Crippen LogP) is 2.95. The zero-order chi connectivity index (χ0) is 16.0. The number of benzene rings is 1. The Kier molecular flexibility index (Phi) is 6.78. The second kappa shape index (κ2) is 8.10. The van der Waals surface area contributed by atoms with E-state index in [-0.39, 0.29) is 5.92 Å². The van der Waals surface area contributed by atoms with Gasteiger partial charge in [-0.2, -0.15) is 0 Å². The number of halogens is 1. The quantitative estimate of drug-likeness (QED) is 0.772. The van der Waals surface area contributed by atoms with Gasteiger partial charge in [0.25, 0.3) is 0 Å². The molecule has 0 bridgehead atoms. The standard InChI is InChI=1S/C15H22ClNO4/c1-5-21-12-7-10(6-11(16)14(12)20-4)8-17-13(9(2)3)15(18)19/h6-7,9,13,17H,5,8H2,1-4H3,(H,18,19)/t13-/m0/s1. The van der Waals surface area contributed by atoms with Crippen molar-refractivity contribution in [3.8, 4) is 11.5 Å². The van der Waals surface area contributed by atoms with Crippen molar-refractivity contribution in [1.29, 1.82) is 0 Å². The summed E-state index contributed by atoms with van der Waals surface area (Å²) < 4.78 is 10.7. The fourth-order valence-corrected chi connectivity index (χ4v) is 2.33. The van der Waals surface area contributed by atoms with Crippen LogP contribution in [0.15, 0.2) is 12.1 Å². The van der Waals surface area contributed by atoms with Gasteiger partial charge in [-0.05, 0) is 30.5 Å². The first-order valence-corrected chi connectivity index (χ1v) is 7.23. The highest BCUT2D eigenvalue weighted by Crippen LogP contribution is 2.36. The van der Waals surface area contributed by atoms with Crippen molar-refractivity contribution in [2.75, 3.05) is 13.7 Å². The molecule has 0 aliphatic rings. The van der Waals surface area contributed by atoms with Crippen LogP contribution in [0.5, 0.6) is 11.5 Å². The highest BCUT2D eigenvalue weighted by Gasteiger charge is 2.21. The minimum Gasteiger partial charge on any atom is -0.491 e. The molecule has 2 N–H and O–H groups in total. The number of ether oxygens (including phenoxy) is 2. The average molecular weight is 316 g/mol. The number of carbonyl (C=O) groups is 1. The SMILES string of the molecule is CCOc1cc(CN[C@H](C(=O)O)C(C)C)cc(Cl)c1OC. The molecule has 0 aliphatic heterocycles. The maximum atomic E-state index is 11.2. The predicted molar refractivity (Wildman–Crippen MR) is 82.3 cm³/mol. The van der Waals surface area contributed by atoms with Crippen molar-refractivity contribution in [3.05, 3.63) is 22.7 Å². The van der Waals surface area contributed by atoms with Crippen molar-refractivity contribution >= 4 is 17.6 Å². The van der Waals surface area contributed by atoms with E-state index in [0.717, 1.165) is 5.56 Å². The lowest BCUT2D eigenvalue weighted by molar-refractivity contribution is -0.140. The van der Waals surface area contributed by atoms with E-state index < -0.39 is 12.0 Å². The van der Waals surface area contributed by atoms with E-state index in [2.05, 4.69) is 5.32 Å². The zero-order valence-electron chi connectivity index (χ0n) is 12.8. The van der Waals surface area contributed by atoms with Gasteiger partial charge >= 0.3 is 5.97 Å². The molecule has 1 rings (SSSR count). The lowest BCUT2D eigenvalue weighted by atomic mass is 10.0. The van der Waals surface area contributed by atoms with Crippen LogP contribution in [0.1, 0.15) is 26.3 Å². The van der Waals surface area contributed by atoms with Crippen molar-refractivity contribution in [1.82, 2.24) is 5.32 Å². The van der Waals surface area contributed by atoms with Crippen LogP contribution in [-0.2, 0) is 11.3 Å². The van der Waals surface area contributed by atoms with E-state index in [1.54, 1.807) is 12.1 Å². The Balaban J connectivity index is 2.91. The largest absolute Gasteiger partial charge is 0.491 e.